The molecule has 0 unspecified atom stereocenters. The maximum atomic E-state index is 11.6. The molecule has 0 aliphatic carbocycles. The molecule has 0 radical (unpaired) electrons. The van der Waals surface area contributed by atoms with Crippen molar-refractivity contribution in [2.24, 2.45) is 0 Å². The standard InChI is InChI=1S/C11H13BrO3/c1-3-6-15-11(13)9-7-8(14-2)4-5-10(9)12/h4-5,7H,3,6H2,1-2H3. The number of hydrogen-bond acceptors (Lipinski definition) is 3. The molecule has 0 spiro atoms. The van der Waals surface area contributed by atoms with Gasteiger partial charge in [-0.25, -0.2) is 4.79 Å². The third-order valence-corrected chi connectivity index (χ3v) is 2.52. The highest BCUT2D eigenvalue weighted by atomic mass is 79.9. The summed E-state index contributed by atoms with van der Waals surface area (Å²) in [6.07, 6.45) is 0.813. The lowest BCUT2D eigenvalue weighted by Gasteiger charge is -2.07. The van der Waals surface area contributed by atoms with E-state index in [1.807, 2.05) is 6.92 Å². The smallest absolute Gasteiger partial charge is 0.339 e. The molecule has 1 aromatic carbocycles. The van der Waals surface area contributed by atoms with Gasteiger partial charge in [0.25, 0.3) is 0 Å². The van der Waals surface area contributed by atoms with Crippen LogP contribution in [0.4, 0.5) is 0 Å². The lowest BCUT2D eigenvalue weighted by Crippen LogP contribution is -2.06. The van der Waals surface area contributed by atoms with Crippen LogP contribution in [0, 0.1) is 0 Å². The molecule has 0 aliphatic rings. The van der Waals surface area contributed by atoms with Crippen molar-refractivity contribution in [3.05, 3.63) is 28.2 Å². The molecule has 1 aromatic rings. The van der Waals surface area contributed by atoms with Crippen molar-refractivity contribution >= 4 is 21.9 Å². The maximum Gasteiger partial charge on any atom is 0.339 e. The summed E-state index contributed by atoms with van der Waals surface area (Å²) in [5.74, 6) is 0.310. The summed E-state index contributed by atoms with van der Waals surface area (Å²) in [5.41, 5.74) is 0.489. The summed E-state index contributed by atoms with van der Waals surface area (Å²) < 4.78 is 10.8. The monoisotopic (exact) mass is 272 g/mol. The van der Waals surface area contributed by atoms with Gasteiger partial charge < -0.3 is 9.47 Å². The van der Waals surface area contributed by atoms with Crippen LogP contribution in [0.3, 0.4) is 0 Å². The molecule has 1 rings (SSSR count). The third-order valence-electron chi connectivity index (χ3n) is 1.83. The third kappa shape index (κ3) is 3.23. The van der Waals surface area contributed by atoms with Gasteiger partial charge in [-0.15, -0.1) is 0 Å². The van der Waals surface area contributed by atoms with Gasteiger partial charge in [-0.3, -0.25) is 0 Å². The van der Waals surface area contributed by atoms with E-state index in [0.717, 1.165) is 6.42 Å². The summed E-state index contributed by atoms with van der Waals surface area (Å²) in [6.45, 7) is 2.39. The first kappa shape index (κ1) is 12.0. The molecule has 0 fully saturated rings. The first-order valence-corrected chi connectivity index (χ1v) is 5.49. The fourth-order valence-corrected chi connectivity index (χ4v) is 1.47. The number of carbonyl (C=O) groups excluding carboxylic acids is 1. The predicted molar refractivity (Wildman–Crippen MR) is 61.3 cm³/mol. The Bertz CT molecular complexity index is 350. The van der Waals surface area contributed by atoms with Gasteiger partial charge in [-0.05, 0) is 40.5 Å². The first-order valence-electron chi connectivity index (χ1n) is 4.69. The molecule has 0 aliphatic heterocycles. The second-order valence-corrected chi connectivity index (χ2v) is 3.84. The summed E-state index contributed by atoms with van der Waals surface area (Å²) in [5, 5.41) is 0. The van der Waals surface area contributed by atoms with Crippen molar-refractivity contribution in [3.63, 3.8) is 0 Å². The minimum absolute atomic E-state index is 0.331. The van der Waals surface area contributed by atoms with Gasteiger partial charge in [0.1, 0.15) is 5.75 Å². The Kier molecular flexibility index (Phi) is 4.62. The van der Waals surface area contributed by atoms with Crippen LogP contribution < -0.4 is 4.74 Å². The van der Waals surface area contributed by atoms with Crippen molar-refractivity contribution in [2.75, 3.05) is 13.7 Å². The molecule has 3 nitrogen and oxygen atoms in total. The van der Waals surface area contributed by atoms with Crippen LogP contribution in [0.2, 0.25) is 0 Å². The average molecular weight is 273 g/mol. The van der Waals surface area contributed by atoms with Crippen LogP contribution in [0.15, 0.2) is 22.7 Å². The number of hydrogen-bond donors (Lipinski definition) is 0. The van der Waals surface area contributed by atoms with E-state index in [1.54, 1.807) is 25.3 Å². The largest absolute Gasteiger partial charge is 0.497 e. The minimum atomic E-state index is -0.331. The Morgan fingerprint density at radius 2 is 2.20 bits per heavy atom. The topological polar surface area (TPSA) is 35.5 Å². The summed E-state index contributed by atoms with van der Waals surface area (Å²) >= 11 is 3.30. The molecule has 0 aromatic heterocycles. The van der Waals surface area contributed by atoms with Crippen LogP contribution in [-0.4, -0.2) is 19.7 Å². The van der Waals surface area contributed by atoms with E-state index in [2.05, 4.69) is 15.9 Å². The Morgan fingerprint density at radius 1 is 1.47 bits per heavy atom. The molecule has 0 heterocycles. The van der Waals surface area contributed by atoms with E-state index in [4.69, 9.17) is 9.47 Å². The molecule has 4 heteroatoms. The highest BCUT2D eigenvalue weighted by Gasteiger charge is 2.12. The van der Waals surface area contributed by atoms with E-state index < -0.39 is 0 Å². The summed E-state index contributed by atoms with van der Waals surface area (Å²) in [7, 11) is 1.56. The Balaban J connectivity index is 2.86. The van der Waals surface area contributed by atoms with Crippen LogP contribution in [-0.2, 0) is 4.74 Å². The quantitative estimate of drug-likeness (QED) is 0.791. The van der Waals surface area contributed by atoms with Crippen molar-refractivity contribution in [1.82, 2.24) is 0 Å². The molecular weight excluding hydrogens is 260 g/mol. The molecule has 15 heavy (non-hydrogen) atoms. The van der Waals surface area contributed by atoms with Crippen LogP contribution >= 0.6 is 15.9 Å². The van der Waals surface area contributed by atoms with E-state index in [0.29, 0.717) is 22.4 Å². The molecular formula is C11H13BrO3. The van der Waals surface area contributed by atoms with Gasteiger partial charge in [0.15, 0.2) is 0 Å². The van der Waals surface area contributed by atoms with E-state index in [1.165, 1.54) is 0 Å². The summed E-state index contributed by atoms with van der Waals surface area (Å²) in [4.78, 5) is 11.6. The van der Waals surface area contributed by atoms with Crippen molar-refractivity contribution < 1.29 is 14.3 Å². The van der Waals surface area contributed by atoms with Gasteiger partial charge in [0.05, 0.1) is 19.3 Å². The maximum absolute atomic E-state index is 11.6. The zero-order valence-corrected chi connectivity index (χ0v) is 10.3. The zero-order valence-electron chi connectivity index (χ0n) is 8.75. The van der Waals surface area contributed by atoms with Crippen molar-refractivity contribution in [2.45, 2.75) is 13.3 Å². The second-order valence-electron chi connectivity index (χ2n) is 2.98. The number of methoxy groups -OCH3 is 1. The van der Waals surface area contributed by atoms with Crippen molar-refractivity contribution in [1.29, 1.82) is 0 Å². The van der Waals surface area contributed by atoms with E-state index in [-0.39, 0.29) is 5.97 Å². The fourth-order valence-electron chi connectivity index (χ4n) is 1.06. The Hall–Kier alpha value is -1.03. The van der Waals surface area contributed by atoms with Crippen LogP contribution in [0.5, 0.6) is 5.75 Å². The fraction of sp³-hybridized carbons (Fsp3) is 0.364. The lowest BCUT2D eigenvalue weighted by atomic mass is 10.2. The first-order chi connectivity index (χ1) is 7.19. The number of rotatable bonds is 4. The molecule has 0 N–H and O–H groups in total. The van der Waals surface area contributed by atoms with Gasteiger partial charge >= 0.3 is 5.97 Å². The van der Waals surface area contributed by atoms with Crippen molar-refractivity contribution in [3.8, 4) is 5.75 Å². The highest BCUT2D eigenvalue weighted by Crippen LogP contribution is 2.23. The predicted octanol–water partition coefficient (Wildman–Crippen LogP) is 3.02. The Morgan fingerprint density at radius 3 is 2.80 bits per heavy atom. The summed E-state index contributed by atoms with van der Waals surface area (Å²) in [6, 6.07) is 5.20. The number of ether oxygens (including phenoxy) is 2. The normalized spacial score (nSPS) is 9.80. The van der Waals surface area contributed by atoms with Gasteiger partial charge in [0.2, 0.25) is 0 Å². The molecule has 0 saturated heterocycles. The van der Waals surface area contributed by atoms with Crippen LogP contribution in [0.25, 0.3) is 0 Å². The highest BCUT2D eigenvalue weighted by molar-refractivity contribution is 9.10. The van der Waals surface area contributed by atoms with Gasteiger partial charge in [-0.1, -0.05) is 6.92 Å². The molecule has 0 bridgehead atoms. The van der Waals surface area contributed by atoms with E-state index >= 15 is 0 Å². The molecule has 0 saturated carbocycles. The number of halogens is 1. The van der Waals surface area contributed by atoms with E-state index in [9.17, 15) is 4.79 Å². The molecule has 0 amide bonds. The SMILES string of the molecule is CCCOC(=O)c1cc(OC)ccc1Br. The number of carbonyl (C=O) groups is 1. The average Bonchev–Trinajstić information content (AvgIpc) is 2.26. The molecule has 82 valence electrons. The van der Waals surface area contributed by atoms with Crippen LogP contribution in [0.1, 0.15) is 23.7 Å². The number of esters is 1. The van der Waals surface area contributed by atoms with Gasteiger partial charge in [-0.2, -0.15) is 0 Å². The Labute approximate surface area is 97.5 Å². The minimum Gasteiger partial charge on any atom is -0.497 e. The second kappa shape index (κ2) is 5.75. The number of benzene rings is 1. The zero-order chi connectivity index (χ0) is 11.3. The lowest BCUT2D eigenvalue weighted by molar-refractivity contribution is 0.0503. The van der Waals surface area contributed by atoms with Gasteiger partial charge in [0, 0.05) is 4.47 Å². The molecule has 0 atom stereocenters.